The van der Waals surface area contributed by atoms with Crippen LogP contribution < -0.4 is 5.32 Å². The van der Waals surface area contributed by atoms with Gasteiger partial charge in [-0.2, -0.15) is 13.2 Å². The topological polar surface area (TPSA) is 38.3 Å². The van der Waals surface area contributed by atoms with Gasteiger partial charge >= 0.3 is 6.18 Å². The summed E-state index contributed by atoms with van der Waals surface area (Å²) in [5.41, 5.74) is -0.0595. The molecule has 1 N–H and O–H groups in total. The summed E-state index contributed by atoms with van der Waals surface area (Å²) in [6.07, 6.45) is -3.37. The maximum atomic E-state index is 12.3. The highest BCUT2D eigenvalue weighted by Crippen LogP contribution is 2.28. The van der Waals surface area contributed by atoms with Crippen LogP contribution in [-0.2, 0) is 22.3 Å². The Balaban J connectivity index is 2.40. The molecule has 106 valence electrons. The van der Waals surface area contributed by atoms with Gasteiger partial charge in [0.05, 0.1) is 5.56 Å². The lowest BCUT2D eigenvalue weighted by molar-refractivity contribution is -0.137. The molecule has 0 fully saturated rings. The van der Waals surface area contributed by atoms with Crippen molar-refractivity contribution in [1.82, 2.24) is 5.32 Å². The molecule has 0 saturated carbocycles. The number of halogens is 3. The molecule has 0 spiro atoms. The Morgan fingerprint density at radius 1 is 1.26 bits per heavy atom. The minimum atomic E-state index is -4.33. The van der Waals surface area contributed by atoms with Gasteiger partial charge in [0.1, 0.15) is 0 Å². The number of alkyl halides is 3. The summed E-state index contributed by atoms with van der Waals surface area (Å²) in [5.74, 6) is -0.142. The molecule has 3 nitrogen and oxygen atoms in total. The van der Waals surface area contributed by atoms with Crippen molar-refractivity contribution in [1.29, 1.82) is 0 Å². The average molecular weight is 275 g/mol. The lowest BCUT2D eigenvalue weighted by Crippen LogP contribution is -2.22. The summed E-state index contributed by atoms with van der Waals surface area (Å²) in [6, 6.07) is 4.73. The molecule has 1 aromatic rings. The van der Waals surface area contributed by atoms with E-state index in [0.717, 1.165) is 12.1 Å². The van der Waals surface area contributed by atoms with Crippen LogP contribution in [-0.4, -0.2) is 19.6 Å². The predicted molar refractivity (Wildman–Crippen MR) is 64.4 cm³/mol. The molecule has 0 heterocycles. The number of carbonyl (C=O) groups excluding carboxylic acids is 1. The van der Waals surface area contributed by atoms with Crippen LogP contribution in [0.5, 0.6) is 0 Å². The van der Waals surface area contributed by atoms with E-state index in [2.05, 4.69) is 5.32 Å². The third kappa shape index (κ3) is 5.74. The number of amides is 1. The van der Waals surface area contributed by atoms with E-state index < -0.39 is 11.7 Å². The normalized spacial score (nSPS) is 11.4. The quantitative estimate of drug-likeness (QED) is 0.811. The summed E-state index contributed by atoms with van der Waals surface area (Å²) in [5, 5.41) is 2.64. The molecule has 0 aliphatic rings. The third-order valence-corrected chi connectivity index (χ3v) is 2.52. The van der Waals surface area contributed by atoms with Crippen LogP contribution in [0.3, 0.4) is 0 Å². The molecule has 0 saturated heterocycles. The van der Waals surface area contributed by atoms with Gasteiger partial charge in [0.15, 0.2) is 0 Å². The Morgan fingerprint density at radius 3 is 2.42 bits per heavy atom. The van der Waals surface area contributed by atoms with Crippen molar-refractivity contribution >= 4 is 5.91 Å². The number of hydrogen-bond acceptors (Lipinski definition) is 2. The van der Waals surface area contributed by atoms with Crippen molar-refractivity contribution in [3.8, 4) is 0 Å². The first-order valence-electron chi connectivity index (χ1n) is 5.85. The van der Waals surface area contributed by atoms with Crippen molar-refractivity contribution in [2.24, 2.45) is 0 Å². The SMILES string of the molecule is COCCCC(=O)NCc1ccc(C(F)(F)F)cc1. The van der Waals surface area contributed by atoms with Gasteiger partial charge in [0, 0.05) is 26.7 Å². The highest BCUT2D eigenvalue weighted by Gasteiger charge is 2.29. The monoisotopic (exact) mass is 275 g/mol. The van der Waals surface area contributed by atoms with Gasteiger partial charge in [-0.15, -0.1) is 0 Å². The van der Waals surface area contributed by atoms with Gasteiger partial charge in [0.25, 0.3) is 0 Å². The van der Waals surface area contributed by atoms with Gasteiger partial charge < -0.3 is 10.1 Å². The van der Waals surface area contributed by atoms with E-state index in [1.165, 1.54) is 12.1 Å². The Morgan fingerprint density at radius 2 is 1.89 bits per heavy atom. The molecule has 0 aliphatic carbocycles. The highest BCUT2D eigenvalue weighted by molar-refractivity contribution is 5.75. The second kappa shape index (κ2) is 7.13. The first-order chi connectivity index (χ1) is 8.93. The molecule has 0 aliphatic heterocycles. The zero-order chi connectivity index (χ0) is 14.3. The molecule has 1 aromatic carbocycles. The molecular weight excluding hydrogens is 259 g/mol. The summed E-state index contributed by atoms with van der Waals surface area (Å²) in [7, 11) is 1.56. The Bertz CT molecular complexity index is 401. The molecular formula is C13H16F3NO2. The lowest BCUT2D eigenvalue weighted by atomic mass is 10.1. The van der Waals surface area contributed by atoms with E-state index in [9.17, 15) is 18.0 Å². The molecule has 0 unspecified atom stereocenters. The van der Waals surface area contributed by atoms with Gasteiger partial charge in [-0.05, 0) is 24.1 Å². The fourth-order valence-electron chi connectivity index (χ4n) is 1.48. The molecule has 6 heteroatoms. The summed E-state index contributed by atoms with van der Waals surface area (Å²) in [4.78, 5) is 11.4. The fourth-order valence-corrected chi connectivity index (χ4v) is 1.48. The molecule has 1 amide bonds. The standard InChI is InChI=1S/C13H16F3NO2/c1-19-8-2-3-12(18)17-9-10-4-6-11(7-5-10)13(14,15)16/h4-7H,2-3,8-9H2,1H3,(H,17,18). The third-order valence-electron chi connectivity index (χ3n) is 2.52. The average Bonchev–Trinajstić information content (AvgIpc) is 2.36. The minimum Gasteiger partial charge on any atom is -0.385 e. The first-order valence-corrected chi connectivity index (χ1v) is 5.85. The Kier molecular flexibility index (Phi) is 5.82. The second-order valence-electron chi connectivity index (χ2n) is 4.07. The molecule has 0 bridgehead atoms. The van der Waals surface area contributed by atoms with E-state index in [-0.39, 0.29) is 12.5 Å². The van der Waals surface area contributed by atoms with Crippen LogP contribution in [0.2, 0.25) is 0 Å². The van der Waals surface area contributed by atoms with Crippen molar-refractivity contribution in [2.45, 2.75) is 25.6 Å². The number of nitrogens with one attached hydrogen (secondary N) is 1. The van der Waals surface area contributed by atoms with Crippen LogP contribution in [0.25, 0.3) is 0 Å². The van der Waals surface area contributed by atoms with Gasteiger partial charge in [-0.1, -0.05) is 12.1 Å². The number of hydrogen-bond donors (Lipinski definition) is 1. The number of benzene rings is 1. The summed E-state index contributed by atoms with van der Waals surface area (Å²) >= 11 is 0. The molecule has 1 rings (SSSR count). The minimum absolute atomic E-state index is 0.142. The maximum Gasteiger partial charge on any atom is 0.416 e. The van der Waals surface area contributed by atoms with E-state index in [1.54, 1.807) is 7.11 Å². The van der Waals surface area contributed by atoms with Gasteiger partial charge in [0.2, 0.25) is 5.91 Å². The summed E-state index contributed by atoms with van der Waals surface area (Å²) in [6.45, 7) is 0.734. The van der Waals surface area contributed by atoms with Crippen LogP contribution in [0.15, 0.2) is 24.3 Å². The number of rotatable bonds is 6. The smallest absolute Gasteiger partial charge is 0.385 e. The van der Waals surface area contributed by atoms with E-state index in [0.29, 0.717) is 25.0 Å². The van der Waals surface area contributed by atoms with Crippen LogP contribution >= 0.6 is 0 Å². The largest absolute Gasteiger partial charge is 0.416 e. The van der Waals surface area contributed by atoms with E-state index in [1.807, 2.05) is 0 Å². The van der Waals surface area contributed by atoms with E-state index in [4.69, 9.17) is 4.74 Å². The van der Waals surface area contributed by atoms with Crippen LogP contribution in [0.4, 0.5) is 13.2 Å². The number of ether oxygens (including phenoxy) is 1. The van der Waals surface area contributed by atoms with Crippen molar-refractivity contribution in [3.63, 3.8) is 0 Å². The number of carbonyl (C=O) groups is 1. The molecule has 0 aromatic heterocycles. The highest BCUT2D eigenvalue weighted by atomic mass is 19.4. The van der Waals surface area contributed by atoms with E-state index >= 15 is 0 Å². The zero-order valence-electron chi connectivity index (χ0n) is 10.6. The van der Waals surface area contributed by atoms with Crippen molar-refractivity contribution < 1.29 is 22.7 Å². The number of methoxy groups -OCH3 is 1. The first kappa shape index (κ1) is 15.5. The Hall–Kier alpha value is -1.56. The van der Waals surface area contributed by atoms with Gasteiger partial charge in [-0.3, -0.25) is 4.79 Å². The van der Waals surface area contributed by atoms with Crippen LogP contribution in [0, 0.1) is 0 Å². The van der Waals surface area contributed by atoms with Crippen molar-refractivity contribution in [3.05, 3.63) is 35.4 Å². The molecule has 0 atom stereocenters. The lowest BCUT2D eigenvalue weighted by Gasteiger charge is -2.08. The van der Waals surface area contributed by atoms with Crippen LogP contribution in [0.1, 0.15) is 24.0 Å². The molecule has 19 heavy (non-hydrogen) atoms. The predicted octanol–water partition coefficient (Wildman–Crippen LogP) is 2.75. The van der Waals surface area contributed by atoms with Crippen molar-refractivity contribution in [2.75, 3.05) is 13.7 Å². The maximum absolute atomic E-state index is 12.3. The fraction of sp³-hybridized carbons (Fsp3) is 0.462. The zero-order valence-corrected chi connectivity index (χ0v) is 10.6. The molecule has 0 radical (unpaired) electrons. The second-order valence-corrected chi connectivity index (χ2v) is 4.07. The Labute approximate surface area is 109 Å². The van der Waals surface area contributed by atoms with Gasteiger partial charge in [-0.25, -0.2) is 0 Å². The summed E-state index contributed by atoms with van der Waals surface area (Å²) < 4.78 is 41.8.